The Morgan fingerprint density at radius 2 is 2.12 bits per heavy atom. The summed E-state index contributed by atoms with van der Waals surface area (Å²) in [6, 6.07) is 9.48. The van der Waals surface area contributed by atoms with Crippen molar-refractivity contribution in [1.29, 1.82) is 5.26 Å². The highest BCUT2D eigenvalue weighted by molar-refractivity contribution is 7.98. The number of hydrogen-bond donors (Lipinski definition) is 4. The van der Waals surface area contributed by atoms with Gasteiger partial charge in [-0.3, -0.25) is 5.01 Å². The normalized spacial score (nSPS) is 13.2. The summed E-state index contributed by atoms with van der Waals surface area (Å²) in [4.78, 5) is 4.72. The van der Waals surface area contributed by atoms with Crippen molar-refractivity contribution < 1.29 is 0 Å². The van der Waals surface area contributed by atoms with Gasteiger partial charge >= 0.3 is 0 Å². The molecule has 1 aromatic carbocycles. The van der Waals surface area contributed by atoms with Crippen molar-refractivity contribution in [2.24, 2.45) is 0 Å². The molecule has 0 amide bonds. The quantitative estimate of drug-likeness (QED) is 0.621. The van der Waals surface area contributed by atoms with Crippen molar-refractivity contribution >= 4 is 34.8 Å². The number of anilines is 4. The van der Waals surface area contributed by atoms with Gasteiger partial charge in [-0.15, -0.1) is 11.8 Å². The molecule has 1 aromatic heterocycles. The molecule has 24 heavy (non-hydrogen) atoms. The van der Waals surface area contributed by atoms with Crippen LogP contribution in [0.5, 0.6) is 0 Å². The van der Waals surface area contributed by atoms with Gasteiger partial charge in [-0.1, -0.05) is 6.08 Å². The highest BCUT2D eigenvalue weighted by atomic mass is 32.2. The van der Waals surface area contributed by atoms with Crippen molar-refractivity contribution in [3.05, 3.63) is 47.7 Å². The molecule has 0 fully saturated rings. The van der Waals surface area contributed by atoms with Gasteiger partial charge in [0.05, 0.1) is 23.0 Å². The van der Waals surface area contributed by atoms with Gasteiger partial charge in [0.1, 0.15) is 11.6 Å². The van der Waals surface area contributed by atoms with E-state index in [0.29, 0.717) is 22.8 Å². The first-order chi connectivity index (χ1) is 11.6. The topological polar surface area (TPSA) is 130 Å². The smallest absolute Gasteiger partial charge is 0.150 e. The molecule has 0 radical (unpaired) electrons. The highest BCUT2D eigenvalue weighted by Crippen LogP contribution is 2.35. The maximum absolute atomic E-state index is 9.16. The van der Waals surface area contributed by atoms with E-state index in [2.05, 4.69) is 16.5 Å². The second-order valence-corrected chi connectivity index (χ2v) is 6.22. The fourth-order valence-electron chi connectivity index (χ4n) is 2.38. The van der Waals surface area contributed by atoms with Gasteiger partial charge in [0, 0.05) is 23.4 Å². The first-order valence-corrected chi connectivity index (χ1v) is 8.23. The first kappa shape index (κ1) is 16.0. The Hall–Kier alpha value is -2.89. The van der Waals surface area contributed by atoms with Gasteiger partial charge in [-0.05, 0) is 29.8 Å². The number of nitrogens with zero attached hydrogens (tertiary/aromatic N) is 3. The van der Waals surface area contributed by atoms with Crippen molar-refractivity contribution in [1.82, 2.24) is 10.4 Å². The molecule has 2 aromatic rings. The molecule has 2 heterocycles. The molecule has 1 aliphatic rings. The SMILES string of the molecule is N#Cc1ccc(N2C=CCN2)c(CSc2cc(N)nc(N)c2N)c1. The number of rotatable bonds is 4. The average Bonchev–Trinajstić information content (AvgIpc) is 3.10. The molecule has 0 spiro atoms. The molecule has 0 unspecified atom stereocenters. The Bertz CT molecular complexity index is 841. The minimum absolute atomic E-state index is 0.229. The van der Waals surface area contributed by atoms with Gasteiger partial charge in [0.15, 0.2) is 0 Å². The number of pyridine rings is 1. The van der Waals surface area contributed by atoms with Crippen LogP contribution in [-0.4, -0.2) is 11.5 Å². The van der Waals surface area contributed by atoms with Crippen molar-refractivity contribution in [2.75, 3.05) is 28.8 Å². The number of thioether (sulfide) groups is 1. The Morgan fingerprint density at radius 3 is 2.83 bits per heavy atom. The second kappa shape index (κ2) is 6.70. The molecule has 1 aliphatic heterocycles. The summed E-state index contributed by atoms with van der Waals surface area (Å²) in [5, 5.41) is 11.1. The highest BCUT2D eigenvalue weighted by Gasteiger charge is 2.14. The van der Waals surface area contributed by atoms with Crippen LogP contribution in [0.25, 0.3) is 0 Å². The lowest BCUT2D eigenvalue weighted by atomic mass is 10.1. The van der Waals surface area contributed by atoms with E-state index in [1.807, 2.05) is 29.4 Å². The summed E-state index contributed by atoms with van der Waals surface area (Å²) < 4.78 is 0. The van der Waals surface area contributed by atoms with Crippen LogP contribution in [0.1, 0.15) is 11.1 Å². The number of aromatic nitrogens is 1. The van der Waals surface area contributed by atoms with Gasteiger partial charge in [-0.2, -0.15) is 5.26 Å². The maximum atomic E-state index is 9.16. The first-order valence-electron chi connectivity index (χ1n) is 7.25. The number of hydrazine groups is 1. The Labute approximate surface area is 144 Å². The summed E-state index contributed by atoms with van der Waals surface area (Å²) in [6.07, 6.45) is 3.99. The van der Waals surface area contributed by atoms with Crippen LogP contribution in [0.2, 0.25) is 0 Å². The zero-order valence-corrected chi connectivity index (χ0v) is 13.7. The molecule has 122 valence electrons. The molecule has 0 aliphatic carbocycles. The van der Waals surface area contributed by atoms with Gasteiger partial charge in [0.2, 0.25) is 0 Å². The monoisotopic (exact) mass is 339 g/mol. The molecule has 3 rings (SSSR count). The maximum Gasteiger partial charge on any atom is 0.150 e. The number of nitriles is 1. The Kier molecular flexibility index (Phi) is 4.46. The lowest BCUT2D eigenvalue weighted by Crippen LogP contribution is -2.29. The van der Waals surface area contributed by atoms with Gasteiger partial charge < -0.3 is 17.2 Å². The lowest BCUT2D eigenvalue weighted by Gasteiger charge is -2.20. The third-order valence-electron chi connectivity index (χ3n) is 3.56. The van der Waals surface area contributed by atoms with E-state index >= 15 is 0 Å². The van der Waals surface area contributed by atoms with Crippen LogP contribution in [0.3, 0.4) is 0 Å². The fraction of sp³-hybridized carbons (Fsp3) is 0.125. The summed E-state index contributed by atoms with van der Waals surface area (Å²) in [6.45, 7) is 0.775. The molecule has 0 saturated heterocycles. The number of nitrogens with two attached hydrogens (primary N) is 3. The predicted molar refractivity (Wildman–Crippen MR) is 97.8 cm³/mol. The van der Waals surface area contributed by atoms with E-state index in [0.717, 1.165) is 22.7 Å². The van der Waals surface area contributed by atoms with E-state index in [9.17, 15) is 0 Å². The number of nitrogen functional groups attached to an aromatic ring is 3. The van der Waals surface area contributed by atoms with Crippen LogP contribution in [0.4, 0.5) is 23.0 Å². The predicted octanol–water partition coefficient (Wildman–Crippen LogP) is 1.83. The van der Waals surface area contributed by atoms with E-state index in [4.69, 9.17) is 22.5 Å². The Morgan fingerprint density at radius 1 is 1.29 bits per heavy atom. The number of hydrogen-bond acceptors (Lipinski definition) is 8. The van der Waals surface area contributed by atoms with Crippen LogP contribution in [0, 0.1) is 11.3 Å². The summed E-state index contributed by atoms with van der Waals surface area (Å²) >= 11 is 1.51. The largest absolute Gasteiger partial charge is 0.395 e. The number of nitrogens with one attached hydrogen (secondary N) is 1. The molecular formula is C16H17N7S. The molecule has 8 heteroatoms. The van der Waals surface area contributed by atoms with E-state index < -0.39 is 0 Å². The van der Waals surface area contributed by atoms with Crippen LogP contribution < -0.4 is 27.6 Å². The van der Waals surface area contributed by atoms with Crippen LogP contribution in [-0.2, 0) is 5.75 Å². The minimum Gasteiger partial charge on any atom is -0.395 e. The standard InChI is InChI=1S/C16H17N7S/c17-8-10-2-3-12(23-5-1-4-21-23)11(6-10)9-24-13-7-14(18)22-16(20)15(13)19/h1-3,5-7,21H,4,9,19H2,(H4,18,20,22). The zero-order valence-electron chi connectivity index (χ0n) is 12.9. The minimum atomic E-state index is 0.229. The zero-order chi connectivity index (χ0) is 17.1. The van der Waals surface area contributed by atoms with Gasteiger partial charge in [-0.25, -0.2) is 10.4 Å². The summed E-state index contributed by atoms with van der Waals surface area (Å²) in [5.74, 6) is 1.18. The molecule has 7 N–H and O–H groups in total. The van der Waals surface area contributed by atoms with Gasteiger partial charge in [0.25, 0.3) is 0 Å². The van der Waals surface area contributed by atoms with Crippen molar-refractivity contribution in [3.8, 4) is 6.07 Å². The molecule has 0 saturated carbocycles. The third-order valence-corrected chi connectivity index (χ3v) is 4.66. The van der Waals surface area contributed by atoms with E-state index in [1.165, 1.54) is 11.8 Å². The summed E-state index contributed by atoms with van der Waals surface area (Å²) in [7, 11) is 0. The molecule has 0 atom stereocenters. The Balaban J connectivity index is 1.89. The van der Waals surface area contributed by atoms with Crippen molar-refractivity contribution in [2.45, 2.75) is 10.6 Å². The van der Waals surface area contributed by atoms with E-state index in [1.54, 1.807) is 12.1 Å². The van der Waals surface area contributed by atoms with E-state index in [-0.39, 0.29) is 5.82 Å². The van der Waals surface area contributed by atoms with Crippen molar-refractivity contribution in [3.63, 3.8) is 0 Å². The third kappa shape index (κ3) is 3.22. The van der Waals surface area contributed by atoms with Crippen LogP contribution in [0.15, 0.2) is 41.4 Å². The molecule has 0 bridgehead atoms. The molecular weight excluding hydrogens is 322 g/mol. The second-order valence-electron chi connectivity index (χ2n) is 5.21. The molecule has 7 nitrogen and oxygen atoms in total. The van der Waals surface area contributed by atoms with Crippen LogP contribution >= 0.6 is 11.8 Å². The fourth-order valence-corrected chi connectivity index (χ4v) is 3.38. The number of benzene rings is 1. The summed E-state index contributed by atoms with van der Waals surface area (Å²) in [5.41, 5.74) is 23.8. The average molecular weight is 339 g/mol. The lowest BCUT2D eigenvalue weighted by molar-refractivity contribution is 0.811.